The van der Waals surface area contributed by atoms with Crippen LogP contribution < -0.4 is 9.47 Å². The number of carbonyl (C=O) groups is 1. The second kappa shape index (κ2) is 9.80. The topological polar surface area (TPSA) is 35.5 Å². The molecular formula is C23H21BrO3S. The van der Waals surface area contributed by atoms with E-state index in [1.807, 2.05) is 60.7 Å². The average Bonchev–Trinajstić information content (AvgIpc) is 2.74. The summed E-state index contributed by atoms with van der Waals surface area (Å²) in [6.45, 7) is 0. The van der Waals surface area contributed by atoms with Gasteiger partial charge >= 0.3 is 0 Å². The number of benzene rings is 3. The molecule has 0 bridgehead atoms. The van der Waals surface area contributed by atoms with Crippen molar-refractivity contribution in [2.45, 2.75) is 16.6 Å². The molecule has 0 radical (unpaired) electrons. The van der Waals surface area contributed by atoms with Gasteiger partial charge in [0.25, 0.3) is 0 Å². The molecule has 0 amide bonds. The molecule has 0 spiro atoms. The van der Waals surface area contributed by atoms with E-state index in [0.717, 1.165) is 14.9 Å². The zero-order valence-corrected chi connectivity index (χ0v) is 18.1. The normalized spacial score (nSPS) is 11.7. The molecule has 0 heterocycles. The summed E-state index contributed by atoms with van der Waals surface area (Å²) in [5.74, 6) is 1.44. The highest BCUT2D eigenvalue weighted by atomic mass is 79.9. The van der Waals surface area contributed by atoms with Gasteiger partial charge in [-0.1, -0.05) is 52.3 Å². The Balaban J connectivity index is 1.90. The van der Waals surface area contributed by atoms with E-state index in [1.165, 1.54) is 0 Å². The van der Waals surface area contributed by atoms with Crippen LogP contribution in [0.15, 0.2) is 82.2 Å². The Morgan fingerprint density at radius 3 is 2.25 bits per heavy atom. The quantitative estimate of drug-likeness (QED) is 0.283. The largest absolute Gasteiger partial charge is 0.493 e. The molecule has 0 fully saturated rings. The Hall–Kier alpha value is -2.24. The molecule has 0 aliphatic rings. The average molecular weight is 457 g/mol. The predicted octanol–water partition coefficient (Wildman–Crippen LogP) is 6.57. The van der Waals surface area contributed by atoms with Crippen LogP contribution in [-0.4, -0.2) is 20.0 Å². The molecule has 0 aliphatic heterocycles. The van der Waals surface area contributed by atoms with Gasteiger partial charge in [-0.25, -0.2) is 0 Å². The number of Topliss-reactive ketones (excluding diaryl/α,β-unsaturated/α-hetero) is 1. The summed E-state index contributed by atoms with van der Waals surface area (Å²) in [6, 6.07) is 23.4. The number of halogens is 1. The van der Waals surface area contributed by atoms with Crippen LogP contribution in [0.3, 0.4) is 0 Å². The second-order valence-electron chi connectivity index (χ2n) is 6.17. The Labute approximate surface area is 178 Å². The molecule has 1 unspecified atom stereocenters. The Kier molecular flexibility index (Phi) is 7.18. The SMILES string of the molecule is COc1ccc(C(CC(=O)c2ccc(Br)cc2)Sc2ccccc2)cc1OC. The van der Waals surface area contributed by atoms with Gasteiger partial charge in [0.1, 0.15) is 0 Å². The van der Waals surface area contributed by atoms with E-state index >= 15 is 0 Å². The van der Waals surface area contributed by atoms with Crippen molar-refractivity contribution < 1.29 is 14.3 Å². The number of methoxy groups -OCH3 is 2. The van der Waals surface area contributed by atoms with Gasteiger partial charge in [0.2, 0.25) is 0 Å². The van der Waals surface area contributed by atoms with Crippen molar-refractivity contribution in [1.82, 2.24) is 0 Å². The van der Waals surface area contributed by atoms with Crippen molar-refractivity contribution in [2.24, 2.45) is 0 Å². The van der Waals surface area contributed by atoms with Gasteiger partial charge in [-0.2, -0.15) is 0 Å². The smallest absolute Gasteiger partial charge is 0.164 e. The van der Waals surface area contributed by atoms with Gasteiger partial charge in [0, 0.05) is 26.6 Å². The summed E-state index contributed by atoms with van der Waals surface area (Å²) in [5, 5.41) is -0.0432. The fourth-order valence-corrected chi connectivity index (χ4v) is 4.29. The molecule has 144 valence electrons. The summed E-state index contributed by atoms with van der Waals surface area (Å²) in [4.78, 5) is 14.0. The first kappa shape index (κ1) is 20.5. The Bertz CT molecular complexity index is 926. The van der Waals surface area contributed by atoms with Crippen molar-refractivity contribution >= 4 is 33.5 Å². The molecule has 3 rings (SSSR count). The van der Waals surface area contributed by atoms with E-state index in [-0.39, 0.29) is 11.0 Å². The van der Waals surface area contributed by atoms with Crippen LogP contribution in [0.5, 0.6) is 11.5 Å². The summed E-state index contributed by atoms with van der Waals surface area (Å²) in [6.07, 6.45) is 0.386. The first-order valence-electron chi connectivity index (χ1n) is 8.83. The summed E-state index contributed by atoms with van der Waals surface area (Å²) >= 11 is 5.09. The summed E-state index contributed by atoms with van der Waals surface area (Å²) in [5.41, 5.74) is 1.74. The lowest BCUT2D eigenvalue weighted by Gasteiger charge is -2.18. The number of hydrogen-bond donors (Lipinski definition) is 0. The van der Waals surface area contributed by atoms with E-state index in [1.54, 1.807) is 26.0 Å². The number of ketones is 1. The minimum atomic E-state index is -0.0432. The molecule has 0 aliphatic carbocycles. The standard InChI is InChI=1S/C23H21BrO3S/c1-26-21-13-10-17(14-22(21)27-2)23(28-19-6-4-3-5-7-19)15-20(25)16-8-11-18(24)12-9-16/h3-14,23H,15H2,1-2H3. The molecule has 3 aromatic rings. The molecule has 5 heteroatoms. The van der Waals surface area contributed by atoms with Crippen molar-refractivity contribution in [3.63, 3.8) is 0 Å². The van der Waals surface area contributed by atoms with Crippen LogP contribution in [0.2, 0.25) is 0 Å². The monoisotopic (exact) mass is 456 g/mol. The second-order valence-corrected chi connectivity index (χ2v) is 8.36. The molecule has 0 aromatic heterocycles. The fourth-order valence-electron chi connectivity index (χ4n) is 2.87. The number of thioether (sulfide) groups is 1. The van der Waals surface area contributed by atoms with Crippen LogP contribution in [0, 0.1) is 0 Å². The highest BCUT2D eigenvalue weighted by molar-refractivity contribution is 9.10. The van der Waals surface area contributed by atoms with Crippen LogP contribution in [0.25, 0.3) is 0 Å². The Morgan fingerprint density at radius 2 is 1.61 bits per heavy atom. The van der Waals surface area contributed by atoms with Gasteiger partial charge in [-0.15, -0.1) is 11.8 Å². The minimum absolute atomic E-state index is 0.0432. The number of rotatable bonds is 8. The lowest BCUT2D eigenvalue weighted by atomic mass is 10.0. The fraction of sp³-hybridized carbons (Fsp3) is 0.174. The van der Waals surface area contributed by atoms with Crippen LogP contribution in [-0.2, 0) is 0 Å². The van der Waals surface area contributed by atoms with Crippen LogP contribution >= 0.6 is 27.7 Å². The number of carbonyl (C=O) groups excluding carboxylic acids is 1. The zero-order valence-electron chi connectivity index (χ0n) is 15.7. The van der Waals surface area contributed by atoms with E-state index in [2.05, 4.69) is 28.1 Å². The van der Waals surface area contributed by atoms with Gasteiger partial charge in [-0.3, -0.25) is 4.79 Å². The zero-order chi connectivity index (χ0) is 19.9. The third-order valence-corrected chi connectivity index (χ3v) is 6.13. The van der Waals surface area contributed by atoms with Crippen molar-refractivity contribution in [3.8, 4) is 11.5 Å². The van der Waals surface area contributed by atoms with Gasteiger partial charge in [-0.05, 0) is 42.0 Å². The summed E-state index contributed by atoms with van der Waals surface area (Å²) < 4.78 is 11.8. The van der Waals surface area contributed by atoms with Gasteiger partial charge in [0.15, 0.2) is 17.3 Å². The highest BCUT2D eigenvalue weighted by Gasteiger charge is 2.20. The first-order chi connectivity index (χ1) is 13.6. The minimum Gasteiger partial charge on any atom is -0.493 e. The molecular weight excluding hydrogens is 436 g/mol. The van der Waals surface area contributed by atoms with E-state index in [0.29, 0.717) is 23.5 Å². The van der Waals surface area contributed by atoms with Crippen LogP contribution in [0.4, 0.5) is 0 Å². The van der Waals surface area contributed by atoms with Crippen molar-refractivity contribution in [3.05, 3.63) is 88.4 Å². The third kappa shape index (κ3) is 5.18. The third-order valence-electron chi connectivity index (χ3n) is 4.34. The maximum Gasteiger partial charge on any atom is 0.164 e. The maximum atomic E-state index is 12.9. The molecule has 3 aromatic carbocycles. The molecule has 3 nitrogen and oxygen atoms in total. The first-order valence-corrected chi connectivity index (χ1v) is 10.5. The number of ether oxygens (including phenoxy) is 2. The molecule has 28 heavy (non-hydrogen) atoms. The maximum absolute atomic E-state index is 12.9. The van der Waals surface area contributed by atoms with Gasteiger partial charge < -0.3 is 9.47 Å². The molecule has 0 saturated carbocycles. The van der Waals surface area contributed by atoms with E-state index in [4.69, 9.17) is 9.47 Å². The molecule has 1 atom stereocenters. The number of hydrogen-bond acceptors (Lipinski definition) is 4. The van der Waals surface area contributed by atoms with E-state index in [9.17, 15) is 4.79 Å². The van der Waals surface area contributed by atoms with Gasteiger partial charge in [0.05, 0.1) is 14.2 Å². The lowest BCUT2D eigenvalue weighted by Crippen LogP contribution is -2.06. The van der Waals surface area contributed by atoms with Crippen LogP contribution in [0.1, 0.15) is 27.6 Å². The van der Waals surface area contributed by atoms with E-state index < -0.39 is 0 Å². The predicted molar refractivity (Wildman–Crippen MR) is 118 cm³/mol. The van der Waals surface area contributed by atoms with Crippen molar-refractivity contribution in [2.75, 3.05) is 14.2 Å². The highest BCUT2D eigenvalue weighted by Crippen LogP contribution is 2.41. The lowest BCUT2D eigenvalue weighted by molar-refractivity contribution is 0.0982. The molecule has 0 saturated heterocycles. The van der Waals surface area contributed by atoms with Crippen molar-refractivity contribution in [1.29, 1.82) is 0 Å². The molecule has 0 N–H and O–H groups in total. The Morgan fingerprint density at radius 1 is 0.929 bits per heavy atom. The summed E-state index contributed by atoms with van der Waals surface area (Å²) in [7, 11) is 3.23.